The Morgan fingerprint density at radius 1 is 1.25 bits per heavy atom. The number of allylic oxidation sites excluding steroid dienone is 2. The number of H-pyrrole nitrogens is 1. The maximum Gasteiger partial charge on any atom is 0.160 e. The molecule has 0 spiro atoms. The first-order valence-corrected chi connectivity index (χ1v) is 9.20. The summed E-state index contributed by atoms with van der Waals surface area (Å²) >= 11 is 3.69. The van der Waals surface area contributed by atoms with Crippen LogP contribution in [0.3, 0.4) is 0 Å². The number of nitrogens with one attached hydrogen (secondary N) is 1. The van der Waals surface area contributed by atoms with Crippen LogP contribution in [0.25, 0.3) is 0 Å². The van der Waals surface area contributed by atoms with Crippen molar-refractivity contribution in [2.75, 3.05) is 0 Å². The van der Waals surface area contributed by atoms with E-state index in [9.17, 15) is 4.79 Å². The molecule has 0 radical (unpaired) electrons. The number of halogens is 1. The molecule has 2 aromatic rings. The van der Waals surface area contributed by atoms with Crippen LogP contribution in [0.15, 0.2) is 39.9 Å². The number of hydrogen-bond donors (Lipinski definition) is 1. The SMILES string of the molecule is Cc1[nH]nc2c1[C@H](c1ccccc1Br)C1=C(C2)CC(C)(C)CC1=O. The lowest BCUT2D eigenvalue weighted by molar-refractivity contribution is -0.118. The second-order valence-corrected chi connectivity index (χ2v) is 8.65. The number of hydrogen-bond acceptors (Lipinski definition) is 2. The van der Waals surface area contributed by atoms with Gasteiger partial charge in [0.2, 0.25) is 0 Å². The first-order chi connectivity index (χ1) is 11.4. The molecule has 24 heavy (non-hydrogen) atoms. The van der Waals surface area contributed by atoms with Crippen molar-refractivity contribution < 1.29 is 4.79 Å². The number of nitrogens with zero attached hydrogens (tertiary/aromatic N) is 1. The number of aryl methyl sites for hydroxylation is 1. The summed E-state index contributed by atoms with van der Waals surface area (Å²) in [5.41, 5.74) is 6.83. The molecule has 1 aromatic heterocycles. The van der Waals surface area contributed by atoms with E-state index >= 15 is 0 Å². The molecule has 4 heteroatoms. The highest BCUT2D eigenvalue weighted by Gasteiger charge is 2.42. The number of carbonyl (C=O) groups is 1. The molecule has 1 atom stereocenters. The van der Waals surface area contributed by atoms with Crippen molar-refractivity contribution in [1.82, 2.24) is 10.2 Å². The Labute approximate surface area is 150 Å². The summed E-state index contributed by atoms with van der Waals surface area (Å²) in [5, 5.41) is 7.68. The number of aromatic nitrogens is 2. The molecule has 0 amide bonds. The fraction of sp³-hybridized carbons (Fsp3) is 0.400. The maximum atomic E-state index is 13.1. The van der Waals surface area contributed by atoms with Gasteiger partial charge in [-0.2, -0.15) is 5.10 Å². The molecule has 2 aliphatic carbocycles. The molecule has 0 unspecified atom stereocenters. The van der Waals surface area contributed by atoms with Crippen LogP contribution in [-0.4, -0.2) is 16.0 Å². The third kappa shape index (κ3) is 2.39. The third-order valence-electron chi connectivity index (χ3n) is 5.26. The zero-order chi connectivity index (χ0) is 17.1. The Hall–Kier alpha value is -1.68. The van der Waals surface area contributed by atoms with Crippen LogP contribution in [0.2, 0.25) is 0 Å². The second-order valence-electron chi connectivity index (χ2n) is 7.80. The summed E-state index contributed by atoms with van der Waals surface area (Å²) in [5.74, 6) is 0.287. The van der Waals surface area contributed by atoms with Gasteiger partial charge in [0.05, 0.1) is 5.69 Å². The van der Waals surface area contributed by atoms with E-state index in [1.165, 1.54) is 11.1 Å². The minimum Gasteiger partial charge on any atom is -0.294 e. The van der Waals surface area contributed by atoms with Crippen molar-refractivity contribution in [3.63, 3.8) is 0 Å². The topological polar surface area (TPSA) is 45.8 Å². The van der Waals surface area contributed by atoms with Gasteiger partial charge in [0.25, 0.3) is 0 Å². The van der Waals surface area contributed by atoms with E-state index < -0.39 is 0 Å². The predicted octanol–water partition coefficient (Wildman–Crippen LogP) is 4.85. The number of Topliss-reactive ketones (excluding diaryl/α,β-unsaturated/α-hetero) is 1. The molecule has 3 nitrogen and oxygen atoms in total. The van der Waals surface area contributed by atoms with Crippen LogP contribution in [0.5, 0.6) is 0 Å². The van der Waals surface area contributed by atoms with E-state index in [4.69, 9.17) is 0 Å². The summed E-state index contributed by atoms with van der Waals surface area (Å²) in [7, 11) is 0. The van der Waals surface area contributed by atoms with Crippen molar-refractivity contribution in [3.8, 4) is 0 Å². The summed E-state index contributed by atoms with van der Waals surface area (Å²) in [6.07, 6.45) is 2.39. The summed E-state index contributed by atoms with van der Waals surface area (Å²) in [6.45, 7) is 6.43. The van der Waals surface area contributed by atoms with Crippen molar-refractivity contribution in [1.29, 1.82) is 0 Å². The number of aromatic amines is 1. The van der Waals surface area contributed by atoms with Crippen LogP contribution < -0.4 is 0 Å². The number of benzene rings is 1. The molecule has 124 valence electrons. The quantitative estimate of drug-likeness (QED) is 0.763. The van der Waals surface area contributed by atoms with Gasteiger partial charge in [-0.05, 0) is 30.4 Å². The van der Waals surface area contributed by atoms with Crippen molar-refractivity contribution >= 4 is 21.7 Å². The van der Waals surface area contributed by atoms with Crippen LogP contribution in [0.4, 0.5) is 0 Å². The first kappa shape index (κ1) is 15.8. The monoisotopic (exact) mass is 384 g/mol. The highest BCUT2D eigenvalue weighted by atomic mass is 79.9. The van der Waals surface area contributed by atoms with Gasteiger partial charge >= 0.3 is 0 Å². The molecular formula is C20H21BrN2O. The number of fused-ring (bicyclic) bond motifs is 1. The van der Waals surface area contributed by atoms with Gasteiger partial charge in [-0.25, -0.2) is 0 Å². The molecule has 2 aliphatic rings. The van der Waals surface area contributed by atoms with Gasteiger partial charge in [0.15, 0.2) is 5.78 Å². The largest absolute Gasteiger partial charge is 0.294 e. The predicted molar refractivity (Wildman–Crippen MR) is 98.1 cm³/mol. The summed E-state index contributed by atoms with van der Waals surface area (Å²) in [4.78, 5) is 13.1. The number of rotatable bonds is 1. The second kappa shape index (κ2) is 5.41. The standard InChI is InChI=1S/C20H21BrN2O/c1-11-17-15(23-22-11)8-12-9-20(2,3)10-16(24)18(12)19(17)13-6-4-5-7-14(13)21/h4-7,19H,8-10H2,1-3H3,(H,22,23)/t19-/m0/s1. The normalized spacial score (nSPS) is 22.3. The van der Waals surface area contributed by atoms with Crippen molar-refractivity contribution in [2.45, 2.75) is 46.0 Å². The number of carbonyl (C=O) groups excluding carboxylic acids is 1. The molecule has 0 bridgehead atoms. The zero-order valence-corrected chi connectivity index (χ0v) is 15.8. The average Bonchev–Trinajstić information content (AvgIpc) is 2.86. The fourth-order valence-corrected chi connectivity index (χ4v) is 4.87. The Morgan fingerprint density at radius 2 is 2.00 bits per heavy atom. The van der Waals surface area contributed by atoms with Gasteiger partial charge in [0, 0.05) is 40.1 Å². The maximum absolute atomic E-state index is 13.1. The molecule has 0 aliphatic heterocycles. The van der Waals surface area contributed by atoms with E-state index in [0.717, 1.165) is 39.8 Å². The lowest BCUT2D eigenvalue weighted by atomic mass is 9.65. The van der Waals surface area contributed by atoms with Crippen LogP contribution >= 0.6 is 15.9 Å². The van der Waals surface area contributed by atoms with Gasteiger partial charge in [-0.15, -0.1) is 0 Å². The van der Waals surface area contributed by atoms with E-state index in [0.29, 0.717) is 12.2 Å². The molecule has 0 fully saturated rings. The van der Waals surface area contributed by atoms with Gasteiger partial charge in [0.1, 0.15) is 0 Å². The van der Waals surface area contributed by atoms with Gasteiger partial charge in [-0.3, -0.25) is 9.89 Å². The molecule has 0 saturated heterocycles. The van der Waals surface area contributed by atoms with Crippen molar-refractivity contribution in [3.05, 3.63) is 62.4 Å². The molecule has 1 N–H and O–H groups in total. The van der Waals surface area contributed by atoms with Crippen molar-refractivity contribution in [2.24, 2.45) is 5.41 Å². The number of ketones is 1. The Kier molecular flexibility index (Phi) is 3.57. The van der Waals surface area contributed by atoms with E-state index in [-0.39, 0.29) is 11.3 Å². The summed E-state index contributed by atoms with van der Waals surface area (Å²) < 4.78 is 1.05. The van der Waals surface area contributed by atoms with E-state index in [1.807, 2.05) is 12.1 Å². The molecule has 1 aromatic carbocycles. The lowest BCUT2D eigenvalue weighted by Crippen LogP contribution is -2.32. The lowest BCUT2D eigenvalue weighted by Gasteiger charge is -2.38. The molecule has 0 saturated carbocycles. The van der Waals surface area contributed by atoms with Gasteiger partial charge < -0.3 is 0 Å². The zero-order valence-electron chi connectivity index (χ0n) is 14.2. The first-order valence-electron chi connectivity index (χ1n) is 8.41. The third-order valence-corrected chi connectivity index (χ3v) is 5.98. The highest BCUT2D eigenvalue weighted by Crippen LogP contribution is 2.50. The van der Waals surface area contributed by atoms with E-state index in [2.05, 4.69) is 59.0 Å². The molecule has 1 heterocycles. The molecule has 4 rings (SSSR count). The molecular weight excluding hydrogens is 364 g/mol. The van der Waals surface area contributed by atoms with Crippen LogP contribution in [0, 0.1) is 12.3 Å². The minimum absolute atomic E-state index is 0.0123. The summed E-state index contributed by atoms with van der Waals surface area (Å²) in [6, 6.07) is 8.23. The Balaban J connectivity index is 1.97. The highest BCUT2D eigenvalue weighted by molar-refractivity contribution is 9.10. The Bertz CT molecular complexity index is 876. The van der Waals surface area contributed by atoms with Gasteiger partial charge in [-0.1, -0.05) is 53.5 Å². The van der Waals surface area contributed by atoms with E-state index in [1.54, 1.807) is 0 Å². The fourth-order valence-electron chi connectivity index (χ4n) is 4.36. The van der Waals surface area contributed by atoms with Crippen LogP contribution in [-0.2, 0) is 11.2 Å². The minimum atomic E-state index is -0.0123. The van der Waals surface area contributed by atoms with Crippen LogP contribution in [0.1, 0.15) is 55.1 Å². The smallest absolute Gasteiger partial charge is 0.160 e. The Morgan fingerprint density at radius 3 is 2.75 bits per heavy atom. The average molecular weight is 385 g/mol.